The number of aromatic hydroxyl groups is 1. The molecule has 0 saturated carbocycles. The molecule has 0 atom stereocenters. The highest BCUT2D eigenvalue weighted by atomic mass is 32.2. The number of carboxylic acids is 1. The molecule has 13 nitrogen and oxygen atoms in total. The summed E-state index contributed by atoms with van der Waals surface area (Å²) in [6.07, 6.45) is 0. The summed E-state index contributed by atoms with van der Waals surface area (Å²) in [5, 5.41) is 51.6. The van der Waals surface area contributed by atoms with E-state index in [0.717, 1.165) is 10.9 Å². The van der Waals surface area contributed by atoms with Crippen molar-refractivity contribution in [1.29, 1.82) is 0 Å². The predicted molar refractivity (Wildman–Crippen MR) is 183 cm³/mol. The average molecular weight is 678 g/mol. The highest BCUT2D eigenvalue weighted by Gasteiger charge is 2.15. The molecule has 0 amide bonds. The molecule has 0 aliphatic carbocycles. The van der Waals surface area contributed by atoms with Gasteiger partial charge in [-0.05, 0) is 96.2 Å². The first-order valence-corrected chi connectivity index (χ1v) is 16.0. The second-order valence-electron chi connectivity index (χ2n) is 11.0. The van der Waals surface area contributed by atoms with Crippen LogP contribution in [0.4, 0.5) is 34.1 Å². The number of rotatable bonds is 10. The largest absolute Gasteiger partial charge is 0.505 e. The molecule has 0 bridgehead atoms. The molecular weight excluding hydrogens is 650 g/mol. The van der Waals surface area contributed by atoms with Gasteiger partial charge in [0.2, 0.25) is 0 Å². The molecule has 5 N–H and O–H groups in total. The van der Waals surface area contributed by atoms with Crippen molar-refractivity contribution in [2.45, 2.75) is 18.4 Å². The molecule has 0 fully saturated rings. The third kappa shape index (κ3) is 7.27. The third-order valence-corrected chi connectivity index (χ3v) is 8.52. The van der Waals surface area contributed by atoms with Crippen molar-refractivity contribution in [1.82, 2.24) is 0 Å². The molecule has 49 heavy (non-hydrogen) atoms. The van der Waals surface area contributed by atoms with E-state index in [-0.39, 0.29) is 34.2 Å². The summed E-state index contributed by atoms with van der Waals surface area (Å²) < 4.78 is 33.8. The SMILES string of the molecule is Cc1ccc(COO)cc1N=Nc1ccc(N=Nc2ccc3ccc(Nc4ccc(C(=O)O)cc4)cc3c2O)c2cc(S(=O)(=O)O)ccc12. The smallest absolute Gasteiger partial charge is 0.335 e. The quantitative estimate of drug-likeness (QED) is 0.0405. The van der Waals surface area contributed by atoms with Crippen molar-refractivity contribution in [3.8, 4) is 5.75 Å². The van der Waals surface area contributed by atoms with Gasteiger partial charge in [-0.2, -0.15) is 13.5 Å². The number of hydrogen-bond donors (Lipinski definition) is 5. The highest BCUT2D eigenvalue weighted by Crippen LogP contribution is 2.40. The number of phenols is 1. The normalized spacial score (nSPS) is 12.0. The molecule has 14 heteroatoms. The number of benzene rings is 6. The molecule has 6 aromatic rings. The van der Waals surface area contributed by atoms with Gasteiger partial charge in [-0.3, -0.25) is 9.81 Å². The van der Waals surface area contributed by atoms with E-state index in [1.165, 1.54) is 30.3 Å². The van der Waals surface area contributed by atoms with Gasteiger partial charge < -0.3 is 15.5 Å². The number of aryl methyl sites for hydroxylation is 1. The van der Waals surface area contributed by atoms with Gasteiger partial charge in [0.1, 0.15) is 12.3 Å². The van der Waals surface area contributed by atoms with Crippen LogP contribution >= 0.6 is 0 Å². The van der Waals surface area contributed by atoms with Crippen LogP contribution < -0.4 is 5.32 Å². The number of fused-ring (bicyclic) bond motifs is 2. The monoisotopic (exact) mass is 677 g/mol. The number of azo groups is 2. The van der Waals surface area contributed by atoms with Crippen LogP contribution in [0.25, 0.3) is 21.5 Å². The molecule has 0 radical (unpaired) electrons. The van der Waals surface area contributed by atoms with Gasteiger partial charge in [0.25, 0.3) is 10.1 Å². The number of hydrogen-bond acceptors (Lipinski definition) is 11. The summed E-state index contributed by atoms with van der Waals surface area (Å²) in [4.78, 5) is 15.0. The Morgan fingerprint density at radius 2 is 1.35 bits per heavy atom. The van der Waals surface area contributed by atoms with E-state index in [9.17, 15) is 22.9 Å². The van der Waals surface area contributed by atoms with E-state index < -0.39 is 16.1 Å². The maximum Gasteiger partial charge on any atom is 0.335 e. The predicted octanol–water partition coefficient (Wildman–Crippen LogP) is 9.52. The van der Waals surface area contributed by atoms with Crippen molar-refractivity contribution in [2.24, 2.45) is 20.5 Å². The minimum atomic E-state index is -4.56. The Kier molecular flexibility index (Phi) is 9.11. The van der Waals surface area contributed by atoms with Crippen molar-refractivity contribution in [3.05, 3.63) is 120 Å². The molecule has 0 unspecified atom stereocenters. The van der Waals surface area contributed by atoms with Crippen LogP contribution in [0.2, 0.25) is 0 Å². The lowest BCUT2D eigenvalue weighted by Crippen LogP contribution is -1.97. The topological polar surface area (TPSA) is 203 Å². The summed E-state index contributed by atoms with van der Waals surface area (Å²) >= 11 is 0. The molecule has 0 aliphatic rings. The summed E-state index contributed by atoms with van der Waals surface area (Å²) in [5.41, 5.74) is 4.23. The molecule has 0 saturated heterocycles. The summed E-state index contributed by atoms with van der Waals surface area (Å²) in [5.74, 6) is -1.18. The molecule has 246 valence electrons. The second-order valence-corrected chi connectivity index (χ2v) is 12.4. The van der Waals surface area contributed by atoms with Crippen LogP contribution in [0.5, 0.6) is 5.75 Å². The van der Waals surface area contributed by atoms with Gasteiger partial charge in [-0.25, -0.2) is 9.68 Å². The number of nitrogens with zero attached hydrogens (tertiary/aromatic N) is 4. The van der Waals surface area contributed by atoms with Crippen LogP contribution in [0.1, 0.15) is 21.5 Å². The van der Waals surface area contributed by atoms with Gasteiger partial charge in [0.15, 0.2) is 5.75 Å². The standard InChI is InChI=1S/C35H27N5O8S/c1-20-2-3-21(19-48-44)16-33(20)40-37-30-14-15-31(29-18-26(49(45,46)47)11-12-27(29)30)38-39-32-13-7-22-4-10-25(17-28(22)34(32)41)36-24-8-5-23(6-9-24)35(42)43/h2-18,36,41,44H,19H2,1H3,(H,42,43)(H,45,46,47). The molecular formula is C35H27N5O8S. The molecule has 0 aliphatic heterocycles. The fourth-order valence-corrected chi connectivity index (χ4v) is 5.59. The van der Waals surface area contributed by atoms with E-state index in [0.29, 0.717) is 44.5 Å². The van der Waals surface area contributed by atoms with Crippen molar-refractivity contribution in [2.75, 3.05) is 5.32 Å². The maximum atomic E-state index is 12.0. The minimum absolute atomic E-state index is 0.0286. The molecule has 6 rings (SSSR count). The van der Waals surface area contributed by atoms with Gasteiger partial charge in [0, 0.05) is 27.5 Å². The number of anilines is 2. The summed E-state index contributed by atoms with van der Waals surface area (Å²) in [6, 6.07) is 27.4. The number of carboxylic acid groups (broad SMARTS) is 1. The molecule has 0 spiro atoms. The highest BCUT2D eigenvalue weighted by molar-refractivity contribution is 7.85. The molecule has 6 aromatic carbocycles. The van der Waals surface area contributed by atoms with E-state index in [4.69, 9.17) is 10.4 Å². The Morgan fingerprint density at radius 1 is 0.714 bits per heavy atom. The minimum Gasteiger partial charge on any atom is -0.505 e. The van der Waals surface area contributed by atoms with Gasteiger partial charge in [-0.1, -0.05) is 30.3 Å². The average Bonchev–Trinajstić information content (AvgIpc) is 3.08. The maximum absolute atomic E-state index is 12.0. The first-order valence-electron chi connectivity index (χ1n) is 14.6. The lowest BCUT2D eigenvalue weighted by molar-refractivity contribution is -0.253. The van der Waals surface area contributed by atoms with Crippen LogP contribution in [-0.2, 0) is 21.6 Å². The Hall–Kier alpha value is -6.06. The number of nitrogens with one attached hydrogen (secondary N) is 1. The van der Waals surface area contributed by atoms with Crippen molar-refractivity contribution >= 4 is 71.8 Å². The van der Waals surface area contributed by atoms with Crippen LogP contribution in [0.3, 0.4) is 0 Å². The number of aromatic carboxylic acids is 1. The van der Waals surface area contributed by atoms with E-state index >= 15 is 0 Å². The summed E-state index contributed by atoms with van der Waals surface area (Å²) in [7, 11) is -4.56. The zero-order valence-corrected chi connectivity index (χ0v) is 26.5. The summed E-state index contributed by atoms with van der Waals surface area (Å²) in [6.45, 7) is 1.82. The van der Waals surface area contributed by atoms with Crippen molar-refractivity contribution < 1.29 is 38.1 Å². The van der Waals surface area contributed by atoms with Crippen molar-refractivity contribution in [3.63, 3.8) is 0 Å². The van der Waals surface area contributed by atoms with Crippen LogP contribution in [0, 0.1) is 6.92 Å². The first kappa shape index (κ1) is 32.9. The lowest BCUT2D eigenvalue weighted by Gasteiger charge is -2.10. The van der Waals surface area contributed by atoms with E-state index in [1.54, 1.807) is 60.7 Å². The zero-order valence-electron chi connectivity index (χ0n) is 25.6. The molecule has 0 aromatic heterocycles. The van der Waals surface area contributed by atoms with E-state index in [2.05, 4.69) is 30.7 Å². The zero-order chi connectivity index (χ0) is 34.7. The second kappa shape index (κ2) is 13.6. The van der Waals surface area contributed by atoms with Crippen LogP contribution in [-0.4, -0.2) is 34.4 Å². The number of carbonyl (C=O) groups is 1. The van der Waals surface area contributed by atoms with Crippen LogP contribution in [0.15, 0.2) is 128 Å². The Bertz CT molecular complexity index is 2410. The fraction of sp³-hybridized carbons (Fsp3) is 0.0571. The fourth-order valence-electron chi connectivity index (χ4n) is 5.09. The lowest BCUT2D eigenvalue weighted by atomic mass is 10.1. The third-order valence-electron chi connectivity index (χ3n) is 7.67. The van der Waals surface area contributed by atoms with Gasteiger partial charge in [0.05, 0.1) is 27.5 Å². The number of phenolic OH excluding ortho intramolecular Hbond substituents is 1. The Labute approximate surface area is 279 Å². The van der Waals surface area contributed by atoms with Gasteiger partial charge in [-0.15, -0.1) is 15.3 Å². The van der Waals surface area contributed by atoms with Gasteiger partial charge >= 0.3 is 5.97 Å². The Morgan fingerprint density at radius 3 is 2.04 bits per heavy atom. The molecule has 0 heterocycles. The van der Waals surface area contributed by atoms with E-state index in [1.807, 2.05) is 19.1 Å². The first-order chi connectivity index (χ1) is 23.5. The Balaban J connectivity index is 1.35.